The summed E-state index contributed by atoms with van der Waals surface area (Å²) < 4.78 is 0. The molecule has 0 aliphatic heterocycles. The van der Waals surface area contributed by atoms with Gasteiger partial charge in [-0.2, -0.15) is 0 Å². The third-order valence-corrected chi connectivity index (χ3v) is 4.03. The lowest BCUT2D eigenvalue weighted by Gasteiger charge is -2.11. The summed E-state index contributed by atoms with van der Waals surface area (Å²) in [4.78, 5) is 18.9. The molecule has 1 fully saturated rings. The Hall–Kier alpha value is -2.95. The second-order valence-corrected chi connectivity index (χ2v) is 6.07. The number of hydrogen-bond acceptors (Lipinski definition) is 4. The Morgan fingerprint density at radius 2 is 2.00 bits per heavy atom. The molecule has 0 atom stereocenters. The van der Waals surface area contributed by atoms with Crippen LogP contribution in [0.4, 0.5) is 11.5 Å². The third-order valence-electron chi connectivity index (χ3n) is 4.03. The average Bonchev–Trinajstić information content (AvgIpc) is 3.51. The number of fused-ring (bicyclic) bond motifs is 1. The summed E-state index contributed by atoms with van der Waals surface area (Å²) in [7, 11) is 0. The van der Waals surface area contributed by atoms with Crippen LogP contribution in [0.1, 0.15) is 31.7 Å². The number of carbonyl (C=O) groups excluding carboxylic acids is 1. The molecule has 3 N–H and O–H groups in total. The molecule has 4 rings (SSSR count). The molecule has 0 saturated heterocycles. The highest BCUT2D eigenvalue weighted by Crippen LogP contribution is 2.31. The van der Waals surface area contributed by atoms with Crippen LogP contribution >= 0.6 is 0 Å². The minimum Gasteiger partial charge on any atom is -0.398 e. The molecule has 25 heavy (non-hydrogen) atoms. The number of hydrogen-bond donors (Lipinski definition) is 2. The summed E-state index contributed by atoms with van der Waals surface area (Å²) in [5.74, 6) is 0.501. The van der Waals surface area contributed by atoms with Crippen LogP contribution in [0.25, 0.3) is 21.9 Å². The van der Waals surface area contributed by atoms with Crippen molar-refractivity contribution < 1.29 is 4.79 Å². The van der Waals surface area contributed by atoms with Crippen LogP contribution < -0.4 is 11.1 Å². The summed E-state index contributed by atoms with van der Waals surface area (Å²) in [5, 5.41) is 4.35. The molecule has 1 aromatic carbocycles. The fourth-order valence-electron chi connectivity index (χ4n) is 2.57. The summed E-state index contributed by atoms with van der Waals surface area (Å²) in [5.41, 5.74) is 10.1. The number of amides is 1. The Labute approximate surface area is 147 Å². The number of rotatable bonds is 4. The summed E-state index contributed by atoms with van der Waals surface area (Å²) in [6.07, 6.45) is 11.3. The largest absolute Gasteiger partial charge is 0.398 e. The van der Waals surface area contributed by atoms with Gasteiger partial charge >= 0.3 is 0 Å². The predicted octanol–water partition coefficient (Wildman–Crippen LogP) is 4.18. The van der Waals surface area contributed by atoms with E-state index in [0.29, 0.717) is 17.9 Å². The Bertz CT molecular complexity index is 887. The molecule has 0 spiro atoms. The lowest BCUT2D eigenvalue weighted by atomic mass is 9.97. The average molecular weight is 334 g/mol. The van der Waals surface area contributed by atoms with Gasteiger partial charge in [-0.25, -0.2) is 4.98 Å². The van der Waals surface area contributed by atoms with Crippen molar-refractivity contribution in [1.29, 1.82) is 0 Å². The van der Waals surface area contributed by atoms with E-state index >= 15 is 0 Å². The lowest BCUT2D eigenvalue weighted by molar-refractivity contribution is -0.105. The van der Waals surface area contributed by atoms with E-state index in [1.807, 2.05) is 30.5 Å². The molecule has 0 radical (unpaired) electrons. The second kappa shape index (κ2) is 7.75. The van der Waals surface area contributed by atoms with Gasteiger partial charge in [0.2, 0.25) is 6.41 Å². The number of nitrogens with one attached hydrogen (secondary N) is 1. The quantitative estimate of drug-likeness (QED) is 0.554. The van der Waals surface area contributed by atoms with Crippen molar-refractivity contribution in [2.45, 2.75) is 32.6 Å². The first-order valence-corrected chi connectivity index (χ1v) is 8.55. The number of nitrogens with two attached hydrogens (primary N) is 1. The van der Waals surface area contributed by atoms with Gasteiger partial charge in [0.1, 0.15) is 5.82 Å². The van der Waals surface area contributed by atoms with Crippen molar-refractivity contribution in [1.82, 2.24) is 9.97 Å². The van der Waals surface area contributed by atoms with Gasteiger partial charge in [-0.1, -0.05) is 26.2 Å². The Morgan fingerprint density at radius 1 is 1.20 bits per heavy atom. The van der Waals surface area contributed by atoms with Crippen molar-refractivity contribution in [3.05, 3.63) is 48.4 Å². The normalized spacial score (nSPS) is 12.2. The van der Waals surface area contributed by atoms with Gasteiger partial charge in [0.25, 0.3) is 0 Å². The molecule has 1 aliphatic rings. The lowest BCUT2D eigenvalue weighted by Crippen LogP contribution is -1.98. The van der Waals surface area contributed by atoms with Gasteiger partial charge in [0.05, 0.1) is 0 Å². The van der Waals surface area contributed by atoms with Gasteiger partial charge in [0.15, 0.2) is 0 Å². The van der Waals surface area contributed by atoms with Crippen molar-refractivity contribution >= 4 is 28.7 Å². The maximum Gasteiger partial charge on any atom is 0.212 e. The smallest absolute Gasteiger partial charge is 0.212 e. The van der Waals surface area contributed by atoms with Crippen LogP contribution in [-0.2, 0) is 11.2 Å². The first kappa shape index (κ1) is 16.9. The maximum absolute atomic E-state index is 10.6. The summed E-state index contributed by atoms with van der Waals surface area (Å²) in [6, 6.07) is 7.81. The fourth-order valence-corrected chi connectivity index (χ4v) is 2.57. The molecule has 0 bridgehead atoms. The number of nitrogens with zero attached hydrogens (tertiary/aromatic N) is 2. The molecule has 0 unspecified atom stereocenters. The molecule has 1 amide bonds. The monoisotopic (exact) mass is 334 g/mol. The summed E-state index contributed by atoms with van der Waals surface area (Å²) >= 11 is 0. The van der Waals surface area contributed by atoms with E-state index in [9.17, 15) is 4.79 Å². The molecule has 1 aliphatic carbocycles. The molecule has 2 heterocycles. The van der Waals surface area contributed by atoms with Crippen molar-refractivity contribution in [3.8, 4) is 11.1 Å². The molecule has 1 saturated carbocycles. The zero-order valence-electron chi connectivity index (χ0n) is 14.3. The highest BCUT2D eigenvalue weighted by Gasteiger charge is 2.08. The first-order chi connectivity index (χ1) is 12.2. The number of anilines is 2. The summed E-state index contributed by atoms with van der Waals surface area (Å²) in [6.45, 7) is 2.11. The van der Waals surface area contributed by atoms with Crippen molar-refractivity contribution in [3.63, 3.8) is 0 Å². The Balaban J connectivity index is 0.000000549. The van der Waals surface area contributed by atoms with Gasteiger partial charge in [-0.15, -0.1) is 0 Å². The van der Waals surface area contributed by atoms with E-state index in [1.54, 1.807) is 12.4 Å². The number of nitrogen functional groups attached to an aromatic ring is 1. The zero-order valence-corrected chi connectivity index (χ0v) is 14.3. The van der Waals surface area contributed by atoms with Crippen LogP contribution in [0.15, 0.2) is 42.9 Å². The maximum atomic E-state index is 10.6. The molecular formula is C20H22N4O. The first-order valence-electron chi connectivity index (χ1n) is 8.55. The Kier molecular flexibility index (Phi) is 5.23. The SMILES string of the molecule is C1CC1.CCc1ccncc1-c1cc(N)c2cnc(NC=O)cc2c1. The minimum absolute atomic E-state index is 0.501. The topological polar surface area (TPSA) is 80.9 Å². The molecule has 3 aromatic rings. The van der Waals surface area contributed by atoms with Gasteiger partial charge in [-0.05, 0) is 47.2 Å². The van der Waals surface area contributed by atoms with Gasteiger partial charge < -0.3 is 11.1 Å². The van der Waals surface area contributed by atoms with E-state index < -0.39 is 0 Å². The number of aromatic nitrogens is 2. The number of carbonyl (C=O) groups is 1. The van der Waals surface area contributed by atoms with E-state index in [2.05, 4.69) is 22.2 Å². The van der Waals surface area contributed by atoms with Crippen LogP contribution in [0.3, 0.4) is 0 Å². The molecule has 128 valence electrons. The molecule has 5 heteroatoms. The second-order valence-electron chi connectivity index (χ2n) is 6.07. The van der Waals surface area contributed by atoms with Crippen LogP contribution in [-0.4, -0.2) is 16.4 Å². The predicted molar refractivity (Wildman–Crippen MR) is 102 cm³/mol. The number of pyridine rings is 2. The van der Waals surface area contributed by atoms with Crippen LogP contribution in [0, 0.1) is 0 Å². The Morgan fingerprint density at radius 3 is 2.68 bits per heavy atom. The minimum atomic E-state index is 0.501. The van der Waals surface area contributed by atoms with E-state index in [-0.39, 0.29) is 0 Å². The molecular weight excluding hydrogens is 312 g/mol. The van der Waals surface area contributed by atoms with E-state index in [1.165, 1.54) is 24.8 Å². The zero-order chi connectivity index (χ0) is 17.6. The highest BCUT2D eigenvalue weighted by molar-refractivity contribution is 5.98. The molecule has 2 aromatic heterocycles. The van der Waals surface area contributed by atoms with Crippen LogP contribution in [0.5, 0.6) is 0 Å². The fraction of sp³-hybridized carbons (Fsp3) is 0.250. The van der Waals surface area contributed by atoms with Gasteiger partial charge in [-0.3, -0.25) is 9.78 Å². The van der Waals surface area contributed by atoms with Crippen LogP contribution in [0.2, 0.25) is 0 Å². The van der Waals surface area contributed by atoms with Gasteiger partial charge in [0, 0.05) is 35.2 Å². The van der Waals surface area contributed by atoms with E-state index in [4.69, 9.17) is 5.73 Å². The van der Waals surface area contributed by atoms with Crippen molar-refractivity contribution in [2.24, 2.45) is 0 Å². The number of aryl methyl sites for hydroxylation is 1. The van der Waals surface area contributed by atoms with Crippen molar-refractivity contribution in [2.75, 3.05) is 11.1 Å². The third kappa shape index (κ3) is 4.12. The highest BCUT2D eigenvalue weighted by atomic mass is 16.1. The molecule has 5 nitrogen and oxygen atoms in total. The number of benzene rings is 1. The standard InChI is InChI=1S/C17H16N4O.C3H6/c1-2-11-3-4-19-8-14(11)12-5-13-7-17(21-10-22)20-9-15(13)16(18)6-12;1-2-3-1/h3-10H,2,18H2,1H3,(H,20,21,22);1-3H2. The van der Waals surface area contributed by atoms with E-state index in [0.717, 1.165) is 28.3 Å².